The number of hydrogen-bond acceptors (Lipinski definition) is 3. The first-order valence-electron chi connectivity index (χ1n) is 11.0. The average molecular weight is 426 g/mol. The number of pyridine rings is 2. The quantitative estimate of drug-likeness (QED) is 0.419. The lowest BCUT2D eigenvalue weighted by atomic mass is 9.91. The van der Waals surface area contributed by atoms with E-state index in [0.717, 1.165) is 52.8 Å². The van der Waals surface area contributed by atoms with Crippen molar-refractivity contribution in [3.63, 3.8) is 0 Å². The predicted octanol–water partition coefficient (Wildman–Crippen LogP) is 5.76. The number of amides is 1. The van der Waals surface area contributed by atoms with Crippen LogP contribution in [0.25, 0.3) is 22.0 Å². The van der Waals surface area contributed by atoms with Gasteiger partial charge in [0.05, 0.1) is 5.52 Å². The Bertz CT molecular complexity index is 1280. The fourth-order valence-electron chi connectivity index (χ4n) is 4.58. The number of fused-ring (bicyclic) bond motifs is 1. The van der Waals surface area contributed by atoms with E-state index in [-0.39, 0.29) is 17.6 Å². The van der Waals surface area contributed by atoms with Crippen molar-refractivity contribution in [3.8, 4) is 11.1 Å². The Balaban J connectivity index is 1.43. The highest BCUT2D eigenvalue weighted by Gasteiger charge is 2.27. The lowest BCUT2D eigenvalue weighted by molar-refractivity contribution is 0.0708. The SMILES string of the molecule is Cc1cc(-c2ccc(F)cc2)cc([C@@H]2CCCN(C(=O)c3cccc4ncccc34)C2)n1. The number of nitrogens with zero attached hydrogens (tertiary/aromatic N) is 3. The molecule has 1 atom stereocenters. The van der Waals surface area contributed by atoms with Crippen LogP contribution in [0.4, 0.5) is 4.39 Å². The van der Waals surface area contributed by atoms with E-state index < -0.39 is 0 Å². The minimum Gasteiger partial charge on any atom is -0.338 e. The second-order valence-corrected chi connectivity index (χ2v) is 8.39. The Morgan fingerprint density at radius 2 is 1.88 bits per heavy atom. The summed E-state index contributed by atoms with van der Waals surface area (Å²) in [6.45, 7) is 3.35. The van der Waals surface area contributed by atoms with Crippen molar-refractivity contribution < 1.29 is 9.18 Å². The van der Waals surface area contributed by atoms with E-state index >= 15 is 0 Å². The molecule has 1 amide bonds. The zero-order valence-corrected chi connectivity index (χ0v) is 18.0. The Morgan fingerprint density at radius 3 is 2.72 bits per heavy atom. The van der Waals surface area contributed by atoms with Gasteiger partial charge in [-0.15, -0.1) is 0 Å². The van der Waals surface area contributed by atoms with Crippen LogP contribution < -0.4 is 0 Å². The fraction of sp³-hybridized carbons (Fsp3) is 0.222. The predicted molar refractivity (Wildman–Crippen MR) is 124 cm³/mol. The third-order valence-corrected chi connectivity index (χ3v) is 6.15. The summed E-state index contributed by atoms with van der Waals surface area (Å²) in [5.41, 5.74) is 5.42. The monoisotopic (exact) mass is 425 g/mol. The van der Waals surface area contributed by atoms with Crippen molar-refractivity contribution in [1.82, 2.24) is 14.9 Å². The fourth-order valence-corrected chi connectivity index (χ4v) is 4.58. The van der Waals surface area contributed by atoms with E-state index in [0.29, 0.717) is 12.1 Å². The summed E-state index contributed by atoms with van der Waals surface area (Å²) in [7, 11) is 0. The zero-order valence-electron chi connectivity index (χ0n) is 18.0. The summed E-state index contributed by atoms with van der Waals surface area (Å²) in [5, 5.41) is 0.884. The van der Waals surface area contributed by atoms with Gasteiger partial charge in [0.15, 0.2) is 0 Å². The average Bonchev–Trinajstić information content (AvgIpc) is 2.83. The van der Waals surface area contributed by atoms with E-state index in [1.165, 1.54) is 12.1 Å². The van der Waals surface area contributed by atoms with Gasteiger partial charge in [0.2, 0.25) is 0 Å². The number of aryl methyl sites for hydroxylation is 1. The number of halogens is 1. The van der Waals surface area contributed by atoms with Gasteiger partial charge >= 0.3 is 0 Å². The van der Waals surface area contributed by atoms with Gasteiger partial charge in [-0.2, -0.15) is 0 Å². The molecule has 160 valence electrons. The highest BCUT2D eigenvalue weighted by atomic mass is 19.1. The maximum Gasteiger partial charge on any atom is 0.254 e. The number of carbonyl (C=O) groups excluding carboxylic acids is 1. The highest BCUT2D eigenvalue weighted by molar-refractivity contribution is 6.06. The summed E-state index contributed by atoms with van der Waals surface area (Å²) in [6.07, 6.45) is 3.66. The number of hydrogen-bond donors (Lipinski definition) is 0. The molecule has 1 saturated heterocycles. The topological polar surface area (TPSA) is 46.1 Å². The molecular formula is C27H24FN3O. The van der Waals surface area contributed by atoms with E-state index in [1.54, 1.807) is 18.3 Å². The normalized spacial score (nSPS) is 16.3. The van der Waals surface area contributed by atoms with E-state index in [1.807, 2.05) is 48.2 Å². The number of rotatable bonds is 3. The summed E-state index contributed by atoms with van der Waals surface area (Å²) < 4.78 is 13.4. The third-order valence-electron chi connectivity index (χ3n) is 6.15. The Hall–Kier alpha value is -3.60. The maximum absolute atomic E-state index is 13.4. The van der Waals surface area contributed by atoms with Gasteiger partial charge in [0, 0.05) is 47.5 Å². The second-order valence-electron chi connectivity index (χ2n) is 8.39. The van der Waals surface area contributed by atoms with E-state index in [4.69, 9.17) is 4.98 Å². The van der Waals surface area contributed by atoms with Gasteiger partial charge in [-0.05, 0) is 73.4 Å². The molecule has 0 N–H and O–H groups in total. The largest absolute Gasteiger partial charge is 0.338 e. The van der Waals surface area contributed by atoms with Crippen molar-refractivity contribution in [3.05, 3.63) is 95.7 Å². The molecule has 0 bridgehead atoms. The first-order valence-corrected chi connectivity index (χ1v) is 11.0. The molecule has 3 heterocycles. The van der Waals surface area contributed by atoms with Crippen molar-refractivity contribution in [2.24, 2.45) is 0 Å². The minimum atomic E-state index is -0.246. The standard InChI is InChI=1S/C27H24FN3O/c1-18-15-21(19-9-11-22(28)12-10-19)16-26(30-18)20-5-4-14-31(17-20)27(32)24-6-2-8-25-23(24)7-3-13-29-25/h2-3,6-13,15-16,20H,4-5,14,17H2,1H3/t20-/m1/s1. The van der Waals surface area contributed by atoms with Crippen LogP contribution in [0, 0.1) is 12.7 Å². The first-order chi connectivity index (χ1) is 15.6. The van der Waals surface area contributed by atoms with Gasteiger partial charge in [-0.3, -0.25) is 14.8 Å². The van der Waals surface area contributed by atoms with Gasteiger partial charge in [0.25, 0.3) is 5.91 Å². The molecule has 0 radical (unpaired) electrons. The van der Waals surface area contributed by atoms with Crippen LogP contribution in [0.2, 0.25) is 0 Å². The number of likely N-dealkylation sites (tertiary alicyclic amines) is 1. The molecular weight excluding hydrogens is 401 g/mol. The van der Waals surface area contributed by atoms with Crippen molar-refractivity contribution in [2.75, 3.05) is 13.1 Å². The molecule has 5 heteroatoms. The van der Waals surface area contributed by atoms with Crippen LogP contribution in [-0.4, -0.2) is 33.9 Å². The maximum atomic E-state index is 13.4. The molecule has 2 aromatic carbocycles. The van der Waals surface area contributed by atoms with Gasteiger partial charge < -0.3 is 4.90 Å². The first kappa shape index (κ1) is 20.3. The lowest BCUT2D eigenvalue weighted by Gasteiger charge is -2.33. The summed E-state index contributed by atoms with van der Waals surface area (Å²) >= 11 is 0. The molecule has 2 aromatic heterocycles. The summed E-state index contributed by atoms with van der Waals surface area (Å²) in [6, 6.07) is 20.2. The van der Waals surface area contributed by atoms with Crippen molar-refractivity contribution in [1.29, 1.82) is 0 Å². The Kier molecular flexibility index (Phi) is 5.39. The molecule has 0 unspecified atom stereocenters. The van der Waals surface area contributed by atoms with E-state index in [9.17, 15) is 9.18 Å². The van der Waals surface area contributed by atoms with Crippen LogP contribution in [0.15, 0.2) is 72.9 Å². The van der Waals surface area contributed by atoms with Crippen LogP contribution in [-0.2, 0) is 0 Å². The van der Waals surface area contributed by atoms with E-state index in [2.05, 4.69) is 11.1 Å². The molecule has 0 spiro atoms. The van der Waals surface area contributed by atoms with Crippen molar-refractivity contribution in [2.45, 2.75) is 25.7 Å². The Labute approximate surface area is 186 Å². The van der Waals surface area contributed by atoms with Crippen LogP contribution in [0.5, 0.6) is 0 Å². The molecule has 32 heavy (non-hydrogen) atoms. The molecule has 4 aromatic rings. The molecule has 1 fully saturated rings. The van der Waals surface area contributed by atoms with Crippen molar-refractivity contribution >= 4 is 16.8 Å². The smallest absolute Gasteiger partial charge is 0.254 e. The highest BCUT2D eigenvalue weighted by Crippen LogP contribution is 2.31. The van der Waals surface area contributed by atoms with Gasteiger partial charge in [-0.25, -0.2) is 4.39 Å². The third kappa shape index (κ3) is 3.98. The summed E-state index contributed by atoms with van der Waals surface area (Å²) in [4.78, 5) is 24.5. The number of benzene rings is 2. The lowest BCUT2D eigenvalue weighted by Crippen LogP contribution is -2.39. The molecule has 1 aliphatic heterocycles. The number of aromatic nitrogens is 2. The molecule has 0 aliphatic carbocycles. The van der Waals surface area contributed by atoms with Crippen LogP contribution >= 0.6 is 0 Å². The Morgan fingerprint density at radius 1 is 1.03 bits per heavy atom. The number of carbonyl (C=O) groups is 1. The molecule has 4 nitrogen and oxygen atoms in total. The minimum absolute atomic E-state index is 0.0414. The van der Waals surface area contributed by atoms with Gasteiger partial charge in [0.1, 0.15) is 5.82 Å². The van der Waals surface area contributed by atoms with Gasteiger partial charge in [-0.1, -0.05) is 24.3 Å². The van der Waals surface area contributed by atoms with Crippen LogP contribution in [0.3, 0.4) is 0 Å². The second kappa shape index (κ2) is 8.50. The summed E-state index contributed by atoms with van der Waals surface area (Å²) in [5.74, 6) is -0.0376. The zero-order chi connectivity index (χ0) is 22.1. The molecule has 5 rings (SSSR count). The van der Waals surface area contributed by atoms with Crippen LogP contribution in [0.1, 0.15) is 40.5 Å². The molecule has 0 saturated carbocycles. The number of piperidine rings is 1. The molecule has 1 aliphatic rings.